The Morgan fingerprint density at radius 1 is 1.38 bits per heavy atom. The Labute approximate surface area is 125 Å². The molecular weight excluding hydrogens is 264 g/mol. The Bertz CT molecular complexity index is 595. The number of imidazole rings is 1. The summed E-state index contributed by atoms with van der Waals surface area (Å²) in [6, 6.07) is 4.51. The molecule has 0 saturated carbocycles. The van der Waals surface area contributed by atoms with Gasteiger partial charge in [-0.1, -0.05) is 6.42 Å². The van der Waals surface area contributed by atoms with Crippen LogP contribution >= 0.6 is 0 Å². The van der Waals surface area contributed by atoms with E-state index in [0.29, 0.717) is 6.04 Å². The van der Waals surface area contributed by atoms with Gasteiger partial charge in [0.15, 0.2) is 5.65 Å². The van der Waals surface area contributed by atoms with Gasteiger partial charge >= 0.3 is 0 Å². The molecule has 2 aromatic heterocycles. The Hall–Kier alpha value is -1.46. The zero-order valence-corrected chi connectivity index (χ0v) is 12.7. The Morgan fingerprint density at radius 3 is 3.10 bits per heavy atom. The molecule has 5 heteroatoms. The summed E-state index contributed by atoms with van der Waals surface area (Å²) < 4.78 is 2.26. The van der Waals surface area contributed by atoms with Gasteiger partial charge in [-0.2, -0.15) is 0 Å². The van der Waals surface area contributed by atoms with Crippen molar-refractivity contribution in [3.8, 4) is 0 Å². The number of nitrogens with zero attached hydrogens (tertiary/aromatic N) is 4. The van der Waals surface area contributed by atoms with Crippen molar-refractivity contribution in [2.45, 2.75) is 44.7 Å². The number of piperidine rings is 1. The summed E-state index contributed by atoms with van der Waals surface area (Å²) in [5, 5.41) is 9.10. The number of aliphatic hydroxyl groups excluding tert-OH is 1. The first-order chi connectivity index (χ1) is 10.3. The average Bonchev–Trinajstić information content (AvgIpc) is 2.85. The molecule has 0 aliphatic carbocycles. The maximum Gasteiger partial charge on any atom is 0.160 e. The molecular formula is C16H24N4O. The van der Waals surface area contributed by atoms with Crippen LogP contribution < -0.4 is 0 Å². The fraction of sp³-hybridized carbons (Fsp3) is 0.625. The van der Waals surface area contributed by atoms with Crippen molar-refractivity contribution in [1.82, 2.24) is 19.4 Å². The first-order valence-corrected chi connectivity index (χ1v) is 7.91. The van der Waals surface area contributed by atoms with E-state index in [9.17, 15) is 0 Å². The first-order valence-electron chi connectivity index (χ1n) is 7.91. The van der Waals surface area contributed by atoms with Gasteiger partial charge in [-0.05, 0) is 45.0 Å². The summed E-state index contributed by atoms with van der Waals surface area (Å²) in [5.41, 5.74) is 1.94. The average molecular weight is 288 g/mol. The number of likely N-dealkylation sites (N-methyl/N-ethyl adjacent to an activating group) is 1. The fourth-order valence-electron chi connectivity index (χ4n) is 3.21. The summed E-state index contributed by atoms with van der Waals surface area (Å²) in [5.74, 6) is 1.05. The number of aliphatic hydroxyl groups is 1. The number of aryl methyl sites for hydroxylation is 1. The van der Waals surface area contributed by atoms with Crippen molar-refractivity contribution in [2.75, 3.05) is 20.2 Å². The molecule has 2 aromatic rings. The lowest BCUT2D eigenvalue weighted by Gasteiger charge is -2.33. The molecule has 1 aliphatic rings. The van der Waals surface area contributed by atoms with E-state index >= 15 is 0 Å². The summed E-state index contributed by atoms with van der Waals surface area (Å²) >= 11 is 0. The quantitative estimate of drug-likeness (QED) is 0.912. The molecule has 1 unspecified atom stereocenters. The second kappa shape index (κ2) is 6.54. The van der Waals surface area contributed by atoms with Crippen LogP contribution in [-0.2, 0) is 13.0 Å². The number of fused-ring (bicyclic) bond motifs is 1. The topological polar surface area (TPSA) is 54.2 Å². The van der Waals surface area contributed by atoms with E-state index in [0.717, 1.165) is 36.4 Å². The molecule has 0 radical (unpaired) electrons. The van der Waals surface area contributed by atoms with Crippen LogP contribution in [0.3, 0.4) is 0 Å². The molecule has 3 heterocycles. The third-order valence-corrected chi connectivity index (χ3v) is 4.46. The van der Waals surface area contributed by atoms with Gasteiger partial charge in [0.2, 0.25) is 0 Å². The number of pyridine rings is 1. The molecule has 3 rings (SSSR count). The number of hydrogen-bond donors (Lipinski definition) is 1. The minimum Gasteiger partial charge on any atom is -0.396 e. The van der Waals surface area contributed by atoms with Crippen LogP contribution in [0.25, 0.3) is 11.2 Å². The van der Waals surface area contributed by atoms with Gasteiger partial charge in [-0.25, -0.2) is 9.97 Å². The molecule has 1 fully saturated rings. The van der Waals surface area contributed by atoms with Gasteiger partial charge in [0.05, 0.1) is 0 Å². The van der Waals surface area contributed by atoms with E-state index < -0.39 is 0 Å². The maximum absolute atomic E-state index is 9.10. The lowest BCUT2D eigenvalue weighted by atomic mass is 10.0. The minimum absolute atomic E-state index is 0.208. The van der Waals surface area contributed by atoms with Crippen molar-refractivity contribution in [3.63, 3.8) is 0 Å². The van der Waals surface area contributed by atoms with Crippen molar-refractivity contribution < 1.29 is 5.11 Å². The van der Waals surface area contributed by atoms with E-state index in [1.165, 1.54) is 25.8 Å². The lowest BCUT2D eigenvalue weighted by molar-refractivity contribution is 0.167. The van der Waals surface area contributed by atoms with Gasteiger partial charge in [-0.15, -0.1) is 0 Å². The van der Waals surface area contributed by atoms with E-state index in [2.05, 4.69) is 21.5 Å². The smallest absolute Gasteiger partial charge is 0.160 e. The minimum atomic E-state index is 0.208. The molecule has 0 aromatic carbocycles. The molecule has 21 heavy (non-hydrogen) atoms. The predicted molar refractivity (Wildman–Crippen MR) is 83.2 cm³/mol. The number of hydrogen-bond acceptors (Lipinski definition) is 4. The molecule has 0 bridgehead atoms. The molecule has 5 nitrogen and oxygen atoms in total. The van der Waals surface area contributed by atoms with E-state index in [1.807, 2.05) is 18.3 Å². The van der Waals surface area contributed by atoms with Crippen LogP contribution in [0.4, 0.5) is 0 Å². The van der Waals surface area contributed by atoms with Crippen molar-refractivity contribution in [3.05, 3.63) is 24.2 Å². The highest BCUT2D eigenvalue weighted by atomic mass is 16.2. The van der Waals surface area contributed by atoms with Crippen LogP contribution in [0.2, 0.25) is 0 Å². The van der Waals surface area contributed by atoms with E-state index in [4.69, 9.17) is 10.1 Å². The largest absolute Gasteiger partial charge is 0.396 e. The highest BCUT2D eigenvalue weighted by molar-refractivity contribution is 5.71. The van der Waals surface area contributed by atoms with Crippen molar-refractivity contribution in [1.29, 1.82) is 0 Å². The normalized spacial score (nSPS) is 20.2. The van der Waals surface area contributed by atoms with Crippen LogP contribution in [-0.4, -0.2) is 50.8 Å². The van der Waals surface area contributed by atoms with E-state index in [1.54, 1.807) is 0 Å². The SMILES string of the molecule is CN1CCCCC1Cn1c(CCCO)nc2cccnc21. The van der Waals surface area contributed by atoms with Gasteiger partial charge in [0.1, 0.15) is 11.3 Å². The summed E-state index contributed by atoms with van der Waals surface area (Å²) in [6.07, 6.45) is 7.24. The number of rotatable bonds is 5. The number of likely N-dealkylation sites (tertiary alicyclic amines) is 1. The van der Waals surface area contributed by atoms with Gasteiger partial charge in [-0.3, -0.25) is 0 Å². The highest BCUT2D eigenvalue weighted by Gasteiger charge is 2.22. The van der Waals surface area contributed by atoms with Crippen molar-refractivity contribution in [2.24, 2.45) is 0 Å². The second-order valence-corrected chi connectivity index (χ2v) is 5.94. The summed E-state index contributed by atoms with van der Waals surface area (Å²) in [4.78, 5) is 11.7. The Balaban J connectivity index is 1.90. The third-order valence-electron chi connectivity index (χ3n) is 4.46. The molecule has 1 atom stereocenters. The second-order valence-electron chi connectivity index (χ2n) is 5.94. The molecule has 1 saturated heterocycles. The Morgan fingerprint density at radius 2 is 2.29 bits per heavy atom. The lowest BCUT2D eigenvalue weighted by Crippen LogP contribution is -2.39. The predicted octanol–water partition coefficient (Wildman–Crippen LogP) is 1.84. The van der Waals surface area contributed by atoms with Crippen LogP contribution in [0.5, 0.6) is 0 Å². The van der Waals surface area contributed by atoms with Gasteiger partial charge in [0, 0.05) is 31.8 Å². The molecule has 114 valence electrons. The molecule has 1 N–H and O–H groups in total. The fourth-order valence-corrected chi connectivity index (χ4v) is 3.21. The number of aromatic nitrogens is 3. The summed E-state index contributed by atoms with van der Waals surface area (Å²) in [6.45, 7) is 2.33. The molecule has 1 aliphatic heterocycles. The molecule has 0 spiro atoms. The highest BCUT2D eigenvalue weighted by Crippen LogP contribution is 2.21. The molecule has 0 amide bonds. The zero-order valence-electron chi connectivity index (χ0n) is 12.7. The summed E-state index contributed by atoms with van der Waals surface area (Å²) in [7, 11) is 2.21. The van der Waals surface area contributed by atoms with Gasteiger partial charge in [0.25, 0.3) is 0 Å². The standard InChI is InChI=1S/C16H24N4O/c1-19-10-3-2-6-13(19)12-20-15(8-5-11-21)18-14-7-4-9-17-16(14)20/h4,7,9,13,21H,2-3,5-6,8,10-12H2,1H3. The maximum atomic E-state index is 9.10. The first kappa shape index (κ1) is 14.5. The van der Waals surface area contributed by atoms with Crippen LogP contribution in [0.15, 0.2) is 18.3 Å². The van der Waals surface area contributed by atoms with Crippen LogP contribution in [0.1, 0.15) is 31.5 Å². The monoisotopic (exact) mass is 288 g/mol. The zero-order chi connectivity index (χ0) is 14.7. The van der Waals surface area contributed by atoms with Crippen molar-refractivity contribution >= 4 is 11.2 Å². The van der Waals surface area contributed by atoms with Crippen LogP contribution in [0, 0.1) is 0 Å². The van der Waals surface area contributed by atoms with E-state index in [-0.39, 0.29) is 6.61 Å². The van der Waals surface area contributed by atoms with Gasteiger partial charge < -0.3 is 14.6 Å². The third kappa shape index (κ3) is 3.09. The Kier molecular flexibility index (Phi) is 4.51.